The number of rotatable bonds is 2. The van der Waals surface area contributed by atoms with Crippen LogP contribution in [0.15, 0.2) is 18.2 Å². The highest BCUT2D eigenvalue weighted by atomic mass is 19.1. The van der Waals surface area contributed by atoms with Crippen LogP contribution in [0.25, 0.3) is 0 Å². The van der Waals surface area contributed by atoms with Gasteiger partial charge in [0.2, 0.25) is 0 Å². The third-order valence-electron chi connectivity index (χ3n) is 3.24. The molecule has 1 aromatic carbocycles. The number of hydrogen-bond acceptors (Lipinski definition) is 2. The number of aryl methyl sites for hydroxylation is 1. The molecule has 2 nitrogen and oxygen atoms in total. The molecule has 1 aliphatic rings. The van der Waals surface area contributed by atoms with Gasteiger partial charge in [0, 0.05) is 11.7 Å². The Morgan fingerprint density at radius 3 is 2.47 bits per heavy atom. The maximum Gasteiger partial charge on any atom is 0.128 e. The monoisotopic (exact) mass is 237 g/mol. The minimum absolute atomic E-state index is 0.150. The largest absolute Gasteiger partial charge is 0.382 e. The zero-order valence-electron chi connectivity index (χ0n) is 10.7. The van der Waals surface area contributed by atoms with Gasteiger partial charge in [-0.1, -0.05) is 6.07 Å². The third kappa shape index (κ3) is 3.19. The second kappa shape index (κ2) is 5.05. The second-order valence-electron chi connectivity index (χ2n) is 5.03. The molecule has 1 aliphatic heterocycles. The summed E-state index contributed by atoms with van der Waals surface area (Å²) in [6, 6.07) is 5.68. The van der Waals surface area contributed by atoms with Crippen LogP contribution in [0.3, 0.4) is 0 Å². The molecule has 0 spiro atoms. The third-order valence-corrected chi connectivity index (χ3v) is 3.24. The molecule has 1 heterocycles. The first kappa shape index (κ1) is 12.4. The average molecular weight is 237 g/mol. The molecule has 0 saturated carbocycles. The predicted molar refractivity (Wildman–Crippen MR) is 67.8 cm³/mol. The van der Waals surface area contributed by atoms with E-state index in [-0.39, 0.29) is 18.0 Å². The van der Waals surface area contributed by atoms with Crippen molar-refractivity contribution in [3.05, 3.63) is 29.6 Å². The molecule has 1 aromatic rings. The van der Waals surface area contributed by atoms with Gasteiger partial charge >= 0.3 is 0 Å². The van der Waals surface area contributed by atoms with Crippen LogP contribution in [-0.4, -0.2) is 18.2 Å². The number of anilines is 1. The molecule has 0 aliphatic carbocycles. The Hall–Kier alpha value is -1.09. The lowest BCUT2D eigenvalue weighted by Gasteiger charge is -2.33. The van der Waals surface area contributed by atoms with Crippen molar-refractivity contribution >= 4 is 5.69 Å². The summed E-state index contributed by atoms with van der Waals surface area (Å²) in [6.45, 7) is 5.94. The van der Waals surface area contributed by atoms with E-state index in [0.717, 1.165) is 18.5 Å². The van der Waals surface area contributed by atoms with E-state index in [1.54, 1.807) is 13.0 Å². The molecule has 2 rings (SSSR count). The lowest BCUT2D eigenvalue weighted by atomic mass is 9.99. The molecule has 0 bridgehead atoms. The van der Waals surface area contributed by atoms with E-state index >= 15 is 0 Å². The van der Waals surface area contributed by atoms with Crippen molar-refractivity contribution in [1.82, 2.24) is 0 Å². The molecule has 3 heteroatoms. The van der Waals surface area contributed by atoms with Crippen LogP contribution in [-0.2, 0) is 4.74 Å². The fourth-order valence-corrected chi connectivity index (χ4v) is 2.44. The van der Waals surface area contributed by atoms with E-state index in [1.165, 1.54) is 0 Å². The van der Waals surface area contributed by atoms with Crippen LogP contribution in [0.2, 0.25) is 0 Å². The maximum atomic E-state index is 13.4. The Labute approximate surface area is 102 Å². The summed E-state index contributed by atoms with van der Waals surface area (Å²) < 4.78 is 19.1. The first-order valence-electron chi connectivity index (χ1n) is 6.22. The van der Waals surface area contributed by atoms with Crippen molar-refractivity contribution < 1.29 is 9.13 Å². The van der Waals surface area contributed by atoms with E-state index in [9.17, 15) is 4.39 Å². The number of halogens is 1. The lowest BCUT2D eigenvalue weighted by molar-refractivity contribution is -0.0337. The zero-order chi connectivity index (χ0) is 12.4. The molecule has 94 valence electrons. The standard InChI is InChI=1S/C14H20FNO/c1-9-4-5-12(8-14(9)15)16-13-6-10(2)17-11(3)7-13/h4-5,8,10-11,13,16H,6-7H2,1-3H3. The molecule has 0 radical (unpaired) electrons. The van der Waals surface area contributed by atoms with Crippen LogP contribution < -0.4 is 5.32 Å². The molecule has 0 aromatic heterocycles. The molecule has 0 amide bonds. The van der Waals surface area contributed by atoms with Gasteiger partial charge in [0.05, 0.1) is 12.2 Å². The van der Waals surface area contributed by atoms with Gasteiger partial charge in [0.25, 0.3) is 0 Å². The summed E-state index contributed by atoms with van der Waals surface area (Å²) in [5.74, 6) is -0.150. The van der Waals surface area contributed by atoms with Crippen molar-refractivity contribution in [3.8, 4) is 0 Å². The minimum atomic E-state index is -0.150. The molecule has 1 fully saturated rings. The Balaban J connectivity index is 2.02. The topological polar surface area (TPSA) is 21.3 Å². The molecule has 1 N–H and O–H groups in total. The van der Waals surface area contributed by atoms with Gasteiger partial charge in [-0.2, -0.15) is 0 Å². The number of nitrogens with one attached hydrogen (secondary N) is 1. The Morgan fingerprint density at radius 1 is 1.24 bits per heavy atom. The molecular weight excluding hydrogens is 217 g/mol. The van der Waals surface area contributed by atoms with Gasteiger partial charge < -0.3 is 10.1 Å². The van der Waals surface area contributed by atoms with Crippen molar-refractivity contribution in [2.24, 2.45) is 0 Å². The fourth-order valence-electron chi connectivity index (χ4n) is 2.44. The van der Waals surface area contributed by atoms with Gasteiger partial charge in [0.1, 0.15) is 5.82 Å². The Morgan fingerprint density at radius 2 is 1.88 bits per heavy atom. The van der Waals surface area contributed by atoms with Crippen LogP contribution in [0.1, 0.15) is 32.3 Å². The van der Waals surface area contributed by atoms with Crippen molar-refractivity contribution in [2.45, 2.75) is 51.9 Å². The fraction of sp³-hybridized carbons (Fsp3) is 0.571. The number of ether oxygens (including phenoxy) is 1. The number of benzene rings is 1. The first-order chi connectivity index (χ1) is 8.04. The summed E-state index contributed by atoms with van der Waals surface area (Å²) in [5, 5.41) is 3.39. The van der Waals surface area contributed by atoms with Crippen LogP contribution in [0.5, 0.6) is 0 Å². The van der Waals surface area contributed by atoms with E-state index in [0.29, 0.717) is 11.6 Å². The Kier molecular flexibility index (Phi) is 3.67. The smallest absolute Gasteiger partial charge is 0.128 e. The highest BCUT2D eigenvalue weighted by Gasteiger charge is 2.24. The highest BCUT2D eigenvalue weighted by Crippen LogP contribution is 2.23. The van der Waals surface area contributed by atoms with Crippen molar-refractivity contribution in [2.75, 3.05) is 5.32 Å². The molecule has 17 heavy (non-hydrogen) atoms. The van der Waals surface area contributed by atoms with Gasteiger partial charge in [-0.25, -0.2) is 4.39 Å². The summed E-state index contributed by atoms with van der Waals surface area (Å²) in [7, 11) is 0. The van der Waals surface area contributed by atoms with E-state index in [1.807, 2.05) is 12.1 Å². The van der Waals surface area contributed by atoms with E-state index in [2.05, 4.69) is 19.2 Å². The summed E-state index contributed by atoms with van der Waals surface area (Å²) in [6.07, 6.45) is 2.48. The molecule has 2 unspecified atom stereocenters. The van der Waals surface area contributed by atoms with Crippen molar-refractivity contribution in [3.63, 3.8) is 0 Å². The molecule has 2 atom stereocenters. The van der Waals surface area contributed by atoms with Gasteiger partial charge in [0.15, 0.2) is 0 Å². The average Bonchev–Trinajstić information content (AvgIpc) is 2.22. The summed E-state index contributed by atoms with van der Waals surface area (Å²) in [4.78, 5) is 0. The van der Waals surface area contributed by atoms with E-state index < -0.39 is 0 Å². The number of hydrogen-bond donors (Lipinski definition) is 1. The predicted octanol–water partition coefficient (Wildman–Crippen LogP) is 3.50. The summed E-state index contributed by atoms with van der Waals surface area (Å²) >= 11 is 0. The highest BCUT2D eigenvalue weighted by molar-refractivity contribution is 5.46. The molecule has 1 saturated heterocycles. The van der Waals surface area contributed by atoms with Crippen LogP contribution in [0.4, 0.5) is 10.1 Å². The second-order valence-corrected chi connectivity index (χ2v) is 5.03. The SMILES string of the molecule is Cc1ccc(NC2CC(C)OC(C)C2)cc1F. The first-order valence-corrected chi connectivity index (χ1v) is 6.22. The molecular formula is C14H20FNO. The van der Waals surface area contributed by atoms with Crippen LogP contribution in [0, 0.1) is 12.7 Å². The van der Waals surface area contributed by atoms with Crippen molar-refractivity contribution in [1.29, 1.82) is 0 Å². The normalized spacial score (nSPS) is 29.1. The minimum Gasteiger partial charge on any atom is -0.382 e. The van der Waals surface area contributed by atoms with Crippen LogP contribution >= 0.6 is 0 Å². The maximum absolute atomic E-state index is 13.4. The summed E-state index contributed by atoms with van der Waals surface area (Å²) in [5.41, 5.74) is 1.55. The van der Waals surface area contributed by atoms with E-state index in [4.69, 9.17) is 4.74 Å². The zero-order valence-corrected chi connectivity index (χ0v) is 10.7. The Bertz CT molecular complexity index is 384. The quantitative estimate of drug-likeness (QED) is 0.850. The lowest BCUT2D eigenvalue weighted by Crippen LogP contribution is -2.36. The van der Waals surface area contributed by atoms with Gasteiger partial charge in [-0.05, 0) is 51.3 Å². The van der Waals surface area contributed by atoms with Gasteiger partial charge in [-0.15, -0.1) is 0 Å². The van der Waals surface area contributed by atoms with Gasteiger partial charge in [-0.3, -0.25) is 0 Å².